The minimum Gasteiger partial charge on any atom is -0.494 e. The molecule has 4 saturated carbocycles. The molecule has 2 nitrogen and oxygen atoms in total. The van der Waals surface area contributed by atoms with Crippen LogP contribution in [0.25, 0.3) is 6.08 Å². The van der Waals surface area contributed by atoms with Gasteiger partial charge >= 0.3 is 0 Å². The molecule has 6 atom stereocenters. The average Bonchev–Trinajstić information content (AvgIpc) is 3.00. The Labute approximate surface area is 182 Å². The standard InChI is InChI=1S/C28H38O2/c1-4-30-22-11-8-19(9-12-22)17-20-18-25-23-13-10-21-7-5-6-15-27(21,2)24(23)14-16-28(25,3)26(20)29/h8-9,11-12,17,21,23-25H,4-7,10,13-16,18H2,1-3H3/b20-17+. The molecular weight excluding hydrogens is 368 g/mol. The van der Waals surface area contributed by atoms with Crippen molar-refractivity contribution in [1.82, 2.24) is 0 Å². The van der Waals surface area contributed by atoms with Crippen molar-refractivity contribution in [3.63, 3.8) is 0 Å². The lowest BCUT2D eigenvalue weighted by molar-refractivity contribution is -0.137. The first-order chi connectivity index (χ1) is 14.5. The molecule has 4 aliphatic rings. The van der Waals surface area contributed by atoms with Gasteiger partial charge in [0.2, 0.25) is 0 Å². The third-order valence-electron chi connectivity index (χ3n) is 9.76. The van der Waals surface area contributed by atoms with Gasteiger partial charge in [0, 0.05) is 5.41 Å². The Morgan fingerprint density at radius 2 is 1.80 bits per heavy atom. The summed E-state index contributed by atoms with van der Waals surface area (Å²) in [4.78, 5) is 13.6. The van der Waals surface area contributed by atoms with E-state index in [0.717, 1.165) is 47.5 Å². The van der Waals surface area contributed by atoms with Crippen LogP contribution < -0.4 is 4.74 Å². The van der Waals surface area contributed by atoms with Gasteiger partial charge in [0.1, 0.15) is 5.75 Å². The van der Waals surface area contributed by atoms with E-state index in [4.69, 9.17) is 4.74 Å². The quantitative estimate of drug-likeness (QED) is 0.501. The molecule has 162 valence electrons. The van der Waals surface area contributed by atoms with Gasteiger partial charge in [0.15, 0.2) is 5.78 Å². The number of ether oxygens (including phenoxy) is 1. The van der Waals surface area contributed by atoms with Gasteiger partial charge in [0.05, 0.1) is 6.61 Å². The highest BCUT2D eigenvalue weighted by Gasteiger charge is 2.60. The number of rotatable bonds is 3. The van der Waals surface area contributed by atoms with Gasteiger partial charge in [-0.05, 0) is 110 Å². The Morgan fingerprint density at radius 1 is 1.00 bits per heavy atom. The first-order valence-electron chi connectivity index (χ1n) is 12.4. The van der Waals surface area contributed by atoms with Crippen LogP contribution in [0, 0.1) is 34.5 Å². The SMILES string of the molecule is CCOc1ccc(/C=C2\CC3C4CCC5CCCCC5(C)C4CCC3(C)C2=O)cc1. The maximum absolute atomic E-state index is 13.6. The zero-order valence-corrected chi connectivity index (χ0v) is 19.1. The van der Waals surface area contributed by atoms with Crippen molar-refractivity contribution in [2.45, 2.75) is 78.6 Å². The minimum atomic E-state index is -0.129. The zero-order chi connectivity index (χ0) is 20.9. The third-order valence-corrected chi connectivity index (χ3v) is 9.76. The molecule has 4 fully saturated rings. The van der Waals surface area contributed by atoms with E-state index in [2.05, 4.69) is 32.1 Å². The Balaban J connectivity index is 1.41. The van der Waals surface area contributed by atoms with Crippen LogP contribution in [0.3, 0.4) is 0 Å². The highest BCUT2D eigenvalue weighted by Crippen LogP contribution is 2.66. The number of Topliss-reactive ketones (excluding diaryl/α,β-unsaturated/α-hetero) is 1. The smallest absolute Gasteiger partial charge is 0.165 e. The summed E-state index contributed by atoms with van der Waals surface area (Å²) < 4.78 is 5.57. The molecule has 0 aromatic heterocycles. The van der Waals surface area contributed by atoms with E-state index in [9.17, 15) is 4.79 Å². The first kappa shape index (κ1) is 20.3. The summed E-state index contributed by atoms with van der Waals surface area (Å²) in [6, 6.07) is 8.22. The number of ketones is 1. The van der Waals surface area contributed by atoms with Crippen LogP contribution in [0.4, 0.5) is 0 Å². The molecular formula is C28H38O2. The molecule has 4 aliphatic carbocycles. The molecule has 0 aliphatic heterocycles. The number of hydrogen-bond acceptors (Lipinski definition) is 2. The van der Waals surface area contributed by atoms with E-state index in [1.165, 1.54) is 44.9 Å². The number of benzene rings is 1. The fraction of sp³-hybridized carbons (Fsp3) is 0.679. The fourth-order valence-electron chi connectivity index (χ4n) is 8.12. The highest BCUT2D eigenvalue weighted by molar-refractivity contribution is 6.05. The lowest BCUT2D eigenvalue weighted by Gasteiger charge is -2.59. The van der Waals surface area contributed by atoms with Gasteiger partial charge in [0.25, 0.3) is 0 Å². The highest BCUT2D eigenvalue weighted by atomic mass is 16.5. The van der Waals surface area contributed by atoms with E-state index < -0.39 is 0 Å². The summed E-state index contributed by atoms with van der Waals surface area (Å²) in [7, 11) is 0. The van der Waals surface area contributed by atoms with E-state index in [1.807, 2.05) is 19.1 Å². The molecule has 0 amide bonds. The topological polar surface area (TPSA) is 26.3 Å². The molecule has 2 heteroatoms. The lowest BCUT2D eigenvalue weighted by Crippen LogP contribution is -2.52. The minimum absolute atomic E-state index is 0.129. The molecule has 0 N–H and O–H groups in total. The average molecular weight is 407 g/mol. The van der Waals surface area contributed by atoms with E-state index in [-0.39, 0.29) is 5.41 Å². The van der Waals surface area contributed by atoms with Gasteiger partial charge < -0.3 is 4.74 Å². The van der Waals surface area contributed by atoms with Crippen LogP contribution in [0.15, 0.2) is 29.8 Å². The number of carbonyl (C=O) groups is 1. The summed E-state index contributed by atoms with van der Waals surface area (Å²) in [5, 5.41) is 0. The Hall–Kier alpha value is -1.57. The summed E-state index contributed by atoms with van der Waals surface area (Å²) in [6.07, 6.45) is 14.0. The number of allylic oxidation sites excluding steroid dienone is 1. The van der Waals surface area contributed by atoms with Gasteiger partial charge in [-0.2, -0.15) is 0 Å². The van der Waals surface area contributed by atoms with Crippen LogP contribution in [0.2, 0.25) is 0 Å². The van der Waals surface area contributed by atoms with Gasteiger partial charge in [-0.1, -0.05) is 38.8 Å². The maximum Gasteiger partial charge on any atom is 0.165 e. The third kappa shape index (κ3) is 3.09. The van der Waals surface area contributed by atoms with E-state index >= 15 is 0 Å². The monoisotopic (exact) mass is 406 g/mol. The number of hydrogen-bond donors (Lipinski definition) is 0. The summed E-state index contributed by atoms with van der Waals surface area (Å²) in [5.41, 5.74) is 2.61. The van der Waals surface area contributed by atoms with Crippen molar-refractivity contribution in [2.24, 2.45) is 34.5 Å². The lowest BCUT2D eigenvalue weighted by atomic mass is 9.45. The van der Waals surface area contributed by atoms with Crippen molar-refractivity contribution < 1.29 is 9.53 Å². The normalized spacial score (nSPS) is 41.8. The van der Waals surface area contributed by atoms with Crippen molar-refractivity contribution in [3.8, 4) is 5.75 Å². The molecule has 0 radical (unpaired) electrons. The second-order valence-electron chi connectivity index (χ2n) is 11.1. The molecule has 6 unspecified atom stereocenters. The second-order valence-corrected chi connectivity index (χ2v) is 11.1. The van der Waals surface area contributed by atoms with Gasteiger partial charge in [-0.25, -0.2) is 0 Å². The van der Waals surface area contributed by atoms with Crippen molar-refractivity contribution in [1.29, 1.82) is 0 Å². The van der Waals surface area contributed by atoms with Crippen LogP contribution in [-0.4, -0.2) is 12.4 Å². The molecule has 0 bridgehead atoms. The van der Waals surface area contributed by atoms with Gasteiger partial charge in [-0.3, -0.25) is 4.79 Å². The van der Waals surface area contributed by atoms with Crippen LogP contribution >= 0.6 is 0 Å². The largest absolute Gasteiger partial charge is 0.494 e. The Kier molecular flexibility index (Phi) is 5.11. The van der Waals surface area contributed by atoms with Crippen LogP contribution in [-0.2, 0) is 4.79 Å². The Morgan fingerprint density at radius 3 is 2.57 bits per heavy atom. The summed E-state index contributed by atoms with van der Waals surface area (Å²) in [6.45, 7) is 7.60. The second kappa shape index (κ2) is 7.53. The predicted octanol–water partition coefficient (Wildman–Crippen LogP) is 7.08. The van der Waals surface area contributed by atoms with Gasteiger partial charge in [-0.15, -0.1) is 0 Å². The van der Waals surface area contributed by atoms with Crippen molar-refractivity contribution in [3.05, 3.63) is 35.4 Å². The van der Waals surface area contributed by atoms with E-state index in [1.54, 1.807) is 0 Å². The maximum atomic E-state index is 13.6. The molecule has 5 rings (SSSR count). The van der Waals surface area contributed by atoms with Crippen LogP contribution in [0.5, 0.6) is 5.75 Å². The predicted molar refractivity (Wildman–Crippen MR) is 122 cm³/mol. The first-order valence-corrected chi connectivity index (χ1v) is 12.4. The number of carbonyl (C=O) groups excluding carboxylic acids is 1. The molecule has 0 saturated heterocycles. The molecule has 30 heavy (non-hydrogen) atoms. The fourth-order valence-corrected chi connectivity index (χ4v) is 8.12. The number of fused-ring (bicyclic) bond motifs is 5. The van der Waals surface area contributed by atoms with Crippen LogP contribution in [0.1, 0.15) is 84.1 Å². The zero-order valence-electron chi connectivity index (χ0n) is 19.1. The molecule has 1 aromatic carbocycles. The summed E-state index contributed by atoms with van der Waals surface area (Å²) in [5.74, 6) is 4.42. The molecule has 0 spiro atoms. The summed E-state index contributed by atoms with van der Waals surface area (Å²) >= 11 is 0. The Bertz CT molecular complexity index is 837. The van der Waals surface area contributed by atoms with E-state index in [0.29, 0.717) is 23.7 Å². The van der Waals surface area contributed by atoms with Crippen molar-refractivity contribution >= 4 is 11.9 Å². The van der Waals surface area contributed by atoms with Crippen molar-refractivity contribution in [2.75, 3.05) is 6.61 Å². The molecule has 0 heterocycles. The molecule has 1 aromatic rings.